The zero-order valence-electron chi connectivity index (χ0n) is 11.9. The second kappa shape index (κ2) is 5.66. The predicted octanol–water partition coefficient (Wildman–Crippen LogP) is 5.07. The number of nitrogens with zero attached hydrogens (tertiary/aromatic N) is 2. The van der Waals surface area contributed by atoms with E-state index in [0.717, 1.165) is 26.3 Å². The van der Waals surface area contributed by atoms with Crippen molar-refractivity contribution in [2.24, 2.45) is 0 Å². The van der Waals surface area contributed by atoms with E-state index < -0.39 is 0 Å². The number of halogens is 1. The average molecular weight is 362 g/mol. The molecule has 3 aromatic rings. The summed E-state index contributed by atoms with van der Waals surface area (Å²) in [5, 5.41) is 6.87. The van der Waals surface area contributed by atoms with Crippen LogP contribution in [0, 0.1) is 0 Å². The zero-order chi connectivity index (χ0) is 15.0. The molecule has 3 nitrogen and oxygen atoms in total. The highest BCUT2D eigenvalue weighted by molar-refractivity contribution is 9.11. The van der Waals surface area contributed by atoms with Crippen LogP contribution in [0.15, 0.2) is 45.6 Å². The first kappa shape index (κ1) is 14.4. The minimum absolute atomic E-state index is 0.316. The van der Waals surface area contributed by atoms with Crippen molar-refractivity contribution in [3.63, 3.8) is 0 Å². The molecule has 1 aromatic carbocycles. The van der Waals surface area contributed by atoms with Gasteiger partial charge in [-0.25, -0.2) is 4.68 Å². The number of benzene rings is 1. The number of aromatic nitrogens is 2. The van der Waals surface area contributed by atoms with Crippen molar-refractivity contribution in [2.45, 2.75) is 19.8 Å². The standard InChI is InChI=1S/C16H16BrN3S/c1-10(2)14-15(11-8-13(17)21-9-11)19-20(16(14)18)12-6-4-3-5-7-12/h3-10H,18H2,1-2H3. The molecule has 108 valence electrons. The lowest BCUT2D eigenvalue weighted by atomic mass is 10.0. The Morgan fingerprint density at radius 1 is 1.24 bits per heavy atom. The van der Waals surface area contributed by atoms with Crippen LogP contribution in [-0.4, -0.2) is 9.78 Å². The molecule has 0 saturated carbocycles. The summed E-state index contributed by atoms with van der Waals surface area (Å²) >= 11 is 5.17. The molecule has 0 aliphatic rings. The normalized spacial score (nSPS) is 11.2. The molecule has 2 heterocycles. The van der Waals surface area contributed by atoms with Crippen LogP contribution in [0.5, 0.6) is 0 Å². The summed E-state index contributed by atoms with van der Waals surface area (Å²) in [6.45, 7) is 4.29. The van der Waals surface area contributed by atoms with Gasteiger partial charge in [-0.2, -0.15) is 5.10 Å². The van der Waals surface area contributed by atoms with Gasteiger partial charge in [0.1, 0.15) is 5.82 Å². The van der Waals surface area contributed by atoms with Crippen molar-refractivity contribution in [3.8, 4) is 16.9 Å². The molecule has 0 aliphatic carbocycles. The van der Waals surface area contributed by atoms with Crippen LogP contribution >= 0.6 is 27.3 Å². The Kier molecular flexibility index (Phi) is 3.87. The van der Waals surface area contributed by atoms with Gasteiger partial charge in [0.15, 0.2) is 0 Å². The number of nitrogen functional groups attached to an aromatic ring is 1. The highest BCUT2D eigenvalue weighted by Crippen LogP contribution is 2.37. The Labute approximate surface area is 136 Å². The minimum atomic E-state index is 0.316. The number of hydrogen-bond donors (Lipinski definition) is 1. The fourth-order valence-electron chi connectivity index (χ4n) is 2.43. The second-order valence-electron chi connectivity index (χ2n) is 5.19. The minimum Gasteiger partial charge on any atom is -0.383 e. The number of para-hydroxylation sites is 1. The monoisotopic (exact) mass is 361 g/mol. The summed E-state index contributed by atoms with van der Waals surface area (Å²) in [7, 11) is 0. The maximum Gasteiger partial charge on any atom is 0.131 e. The zero-order valence-corrected chi connectivity index (χ0v) is 14.3. The number of anilines is 1. The molecule has 0 radical (unpaired) electrons. The van der Waals surface area contributed by atoms with Gasteiger partial charge in [-0.1, -0.05) is 32.0 Å². The van der Waals surface area contributed by atoms with Gasteiger partial charge in [-0.3, -0.25) is 0 Å². The van der Waals surface area contributed by atoms with Gasteiger partial charge in [0.2, 0.25) is 0 Å². The van der Waals surface area contributed by atoms with Gasteiger partial charge in [-0.15, -0.1) is 11.3 Å². The molecule has 0 atom stereocenters. The van der Waals surface area contributed by atoms with Gasteiger partial charge >= 0.3 is 0 Å². The molecule has 3 rings (SSSR count). The van der Waals surface area contributed by atoms with Crippen molar-refractivity contribution in [2.75, 3.05) is 5.73 Å². The van der Waals surface area contributed by atoms with Crippen LogP contribution in [0.2, 0.25) is 0 Å². The molecule has 2 aromatic heterocycles. The van der Waals surface area contributed by atoms with E-state index in [4.69, 9.17) is 10.8 Å². The topological polar surface area (TPSA) is 43.8 Å². The van der Waals surface area contributed by atoms with E-state index in [-0.39, 0.29) is 0 Å². The van der Waals surface area contributed by atoms with Crippen LogP contribution in [0.1, 0.15) is 25.3 Å². The number of nitrogens with two attached hydrogens (primary N) is 1. The van der Waals surface area contributed by atoms with E-state index in [9.17, 15) is 0 Å². The molecule has 0 fully saturated rings. The fourth-order valence-corrected chi connectivity index (χ4v) is 3.57. The second-order valence-corrected chi connectivity index (χ2v) is 7.48. The molecule has 0 amide bonds. The van der Waals surface area contributed by atoms with Crippen molar-refractivity contribution >= 4 is 33.1 Å². The summed E-state index contributed by atoms with van der Waals surface area (Å²) in [6.07, 6.45) is 0. The van der Waals surface area contributed by atoms with Crippen LogP contribution in [0.4, 0.5) is 5.82 Å². The lowest BCUT2D eigenvalue weighted by Gasteiger charge is -2.07. The van der Waals surface area contributed by atoms with Gasteiger partial charge in [-0.05, 0) is 40.0 Å². The van der Waals surface area contributed by atoms with Crippen molar-refractivity contribution in [1.29, 1.82) is 0 Å². The molecular formula is C16H16BrN3S. The maximum absolute atomic E-state index is 6.37. The van der Waals surface area contributed by atoms with Gasteiger partial charge in [0.05, 0.1) is 15.2 Å². The lowest BCUT2D eigenvalue weighted by molar-refractivity contribution is 0.868. The smallest absolute Gasteiger partial charge is 0.131 e. The van der Waals surface area contributed by atoms with Crippen LogP contribution in [0.3, 0.4) is 0 Å². The van der Waals surface area contributed by atoms with Crippen molar-refractivity contribution in [1.82, 2.24) is 9.78 Å². The van der Waals surface area contributed by atoms with Crippen LogP contribution in [0.25, 0.3) is 16.9 Å². The van der Waals surface area contributed by atoms with E-state index in [0.29, 0.717) is 11.7 Å². The Morgan fingerprint density at radius 2 is 1.95 bits per heavy atom. The Hall–Kier alpha value is -1.59. The number of rotatable bonds is 3. The third-order valence-electron chi connectivity index (χ3n) is 3.38. The summed E-state index contributed by atoms with van der Waals surface area (Å²) in [5.74, 6) is 1.03. The molecule has 21 heavy (non-hydrogen) atoms. The number of hydrogen-bond acceptors (Lipinski definition) is 3. The van der Waals surface area contributed by atoms with E-state index >= 15 is 0 Å². The average Bonchev–Trinajstić information content (AvgIpc) is 3.03. The van der Waals surface area contributed by atoms with E-state index in [1.54, 1.807) is 11.3 Å². The Morgan fingerprint density at radius 3 is 2.52 bits per heavy atom. The molecular weight excluding hydrogens is 346 g/mol. The largest absolute Gasteiger partial charge is 0.383 e. The molecule has 0 bridgehead atoms. The van der Waals surface area contributed by atoms with Crippen LogP contribution < -0.4 is 5.73 Å². The summed E-state index contributed by atoms with van der Waals surface area (Å²) in [6, 6.07) is 12.1. The first-order chi connectivity index (χ1) is 10.1. The third kappa shape index (κ3) is 2.63. The molecule has 2 N–H and O–H groups in total. The third-order valence-corrected chi connectivity index (χ3v) is 4.88. The molecule has 0 aliphatic heterocycles. The predicted molar refractivity (Wildman–Crippen MR) is 93.1 cm³/mol. The number of thiophene rings is 1. The molecule has 0 unspecified atom stereocenters. The highest BCUT2D eigenvalue weighted by atomic mass is 79.9. The first-order valence-corrected chi connectivity index (χ1v) is 8.43. The highest BCUT2D eigenvalue weighted by Gasteiger charge is 2.21. The summed E-state index contributed by atoms with van der Waals surface area (Å²) in [5.41, 5.74) is 10.5. The van der Waals surface area contributed by atoms with Gasteiger partial charge in [0, 0.05) is 16.5 Å². The lowest BCUT2D eigenvalue weighted by Crippen LogP contribution is -2.03. The van der Waals surface area contributed by atoms with E-state index in [1.165, 1.54) is 0 Å². The fraction of sp³-hybridized carbons (Fsp3) is 0.188. The van der Waals surface area contributed by atoms with Crippen LogP contribution in [-0.2, 0) is 0 Å². The quantitative estimate of drug-likeness (QED) is 0.707. The molecule has 5 heteroatoms. The summed E-state index contributed by atoms with van der Waals surface area (Å²) < 4.78 is 2.93. The van der Waals surface area contributed by atoms with Gasteiger partial charge < -0.3 is 5.73 Å². The van der Waals surface area contributed by atoms with E-state index in [2.05, 4.69) is 41.2 Å². The van der Waals surface area contributed by atoms with Gasteiger partial charge in [0.25, 0.3) is 0 Å². The SMILES string of the molecule is CC(C)c1c(-c2csc(Br)c2)nn(-c2ccccc2)c1N. The van der Waals surface area contributed by atoms with E-state index in [1.807, 2.05) is 35.0 Å². The molecule has 0 saturated heterocycles. The van der Waals surface area contributed by atoms with Crippen molar-refractivity contribution < 1.29 is 0 Å². The Bertz CT molecular complexity index is 759. The van der Waals surface area contributed by atoms with Crippen molar-refractivity contribution in [3.05, 3.63) is 51.1 Å². The molecule has 0 spiro atoms. The first-order valence-electron chi connectivity index (χ1n) is 6.76. The summed E-state index contributed by atoms with van der Waals surface area (Å²) in [4.78, 5) is 0. The Balaban J connectivity index is 2.21. The maximum atomic E-state index is 6.37.